The Hall–Kier alpha value is -1.07. The van der Waals surface area contributed by atoms with E-state index in [1.54, 1.807) is 7.05 Å². The molecule has 1 aliphatic rings. The third-order valence-corrected chi connectivity index (χ3v) is 4.73. The molecule has 1 saturated heterocycles. The van der Waals surface area contributed by atoms with Crippen LogP contribution in [0.1, 0.15) is 18.9 Å². The van der Waals surface area contributed by atoms with Gasteiger partial charge in [0.05, 0.1) is 6.54 Å². The van der Waals surface area contributed by atoms with Gasteiger partial charge in [-0.1, -0.05) is 30.3 Å². The van der Waals surface area contributed by atoms with Crippen LogP contribution >= 0.6 is 24.0 Å². The second-order valence-electron chi connectivity index (χ2n) is 7.19. The molecule has 0 aliphatic carbocycles. The molecule has 9 heteroatoms. The van der Waals surface area contributed by atoms with Gasteiger partial charge in [0.2, 0.25) is 0 Å². The number of benzene rings is 1. The van der Waals surface area contributed by atoms with Gasteiger partial charge in [0, 0.05) is 45.3 Å². The van der Waals surface area contributed by atoms with E-state index in [1.165, 1.54) is 17.5 Å². The lowest BCUT2D eigenvalue weighted by molar-refractivity contribution is -0.142. The second-order valence-corrected chi connectivity index (χ2v) is 7.19. The molecule has 0 saturated carbocycles. The number of aliphatic imine (C=N–C) groups is 1. The van der Waals surface area contributed by atoms with E-state index in [0.717, 1.165) is 19.5 Å². The van der Waals surface area contributed by atoms with Crippen LogP contribution in [0.5, 0.6) is 0 Å². The monoisotopic (exact) mass is 513 g/mol. The summed E-state index contributed by atoms with van der Waals surface area (Å²) in [5, 5.41) is 6.49. The van der Waals surface area contributed by atoms with Crippen molar-refractivity contribution in [3.63, 3.8) is 0 Å². The van der Waals surface area contributed by atoms with Gasteiger partial charge in [0.25, 0.3) is 0 Å². The first-order valence-electron chi connectivity index (χ1n) is 9.27. The predicted octanol–water partition coefficient (Wildman–Crippen LogP) is 2.93. The molecule has 1 aromatic carbocycles. The summed E-state index contributed by atoms with van der Waals surface area (Å²) in [6.07, 6.45) is -3.17. The van der Waals surface area contributed by atoms with E-state index in [2.05, 4.69) is 39.6 Å². The Morgan fingerprint density at radius 2 is 1.96 bits per heavy atom. The number of hydrogen-bond donors (Lipinski definition) is 2. The molecule has 1 heterocycles. The highest BCUT2D eigenvalue weighted by molar-refractivity contribution is 14.0. The lowest BCUT2D eigenvalue weighted by Gasteiger charge is -2.22. The van der Waals surface area contributed by atoms with Crippen LogP contribution < -0.4 is 10.6 Å². The molecule has 1 aliphatic heterocycles. The van der Waals surface area contributed by atoms with Crippen LogP contribution in [-0.2, 0) is 6.54 Å². The van der Waals surface area contributed by atoms with E-state index < -0.39 is 12.7 Å². The lowest BCUT2D eigenvalue weighted by Crippen LogP contribution is -2.46. The largest absolute Gasteiger partial charge is 0.401 e. The van der Waals surface area contributed by atoms with Crippen LogP contribution in [0.3, 0.4) is 0 Å². The number of likely N-dealkylation sites (N-methyl/N-ethyl adjacent to an activating group) is 1. The fourth-order valence-electron chi connectivity index (χ4n) is 3.38. The molecule has 1 fully saturated rings. The summed E-state index contributed by atoms with van der Waals surface area (Å²) >= 11 is 0. The highest BCUT2D eigenvalue weighted by Crippen LogP contribution is 2.20. The number of alkyl halides is 3. The predicted molar refractivity (Wildman–Crippen MR) is 118 cm³/mol. The number of nitrogens with zero attached hydrogens (tertiary/aromatic N) is 3. The van der Waals surface area contributed by atoms with Crippen molar-refractivity contribution < 1.29 is 13.2 Å². The normalized spacial score (nSPS) is 20.9. The molecule has 0 bridgehead atoms. The van der Waals surface area contributed by atoms with Crippen LogP contribution in [0.25, 0.3) is 0 Å². The molecule has 28 heavy (non-hydrogen) atoms. The zero-order valence-corrected chi connectivity index (χ0v) is 19.0. The average Bonchev–Trinajstić information content (AvgIpc) is 2.92. The Balaban J connectivity index is 0.00000392. The van der Waals surface area contributed by atoms with Gasteiger partial charge in [-0.25, -0.2) is 0 Å². The Kier molecular flexibility index (Phi) is 10.5. The number of nitrogens with one attached hydrogen (secondary N) is 2. The number of hydrogen-bond acceptors (Lipinski definition) is 3. The third-order valence-electron chi connectivity index (χ3n) is 4.73. The summed E-state index contributed by atoms with van der Waals surface area (Å²) in [7, 11) is 3.14. The first-order valence-corrected chi connectivity index (χ1v) is 9.27. The lowest BCUT2D eigenvalue weighted by atomic mass is 10.2. The number of halogens is 4. The van der Waals surface area contributed by atoms with E-state index in [4.69, 9.17) is 0 Å². The molecule has 0 amide bonds. The summed E-state index contributed by atoms with van der Waals surface area (Å²) in [6.45, 7) is 3.82. The molecule has 2 rings (SSSR count). The van der Waals surface area contributed by atoms with Gasteiger partial charge in [0.1, 0.15) is 0 Å². The summed E-state index contributed by atoms with van der Waals surface area (Å²) in [4.78, 5) is 7.87. The molecule has 5 nitrogen and oxygen atoms in total. The molecule has 2 unspecified atom stereocenters. The number of rotatable bonds is 7. The smallest absolute Gasteiger partial charge is 0.355 e. The Bertz CT molecular complexity index is 597. The van der Waals surface area contributed by atoms with Crippen LogP contribution in [-0.4, -0.2) is 74.3 Å². The maximum Gasteiger partial charge on any atom is 0.401 e. The second kappa shape index (κ2) is 11.8. The van der Waals surface area contributed by atoms with Gasteiger partial charge in [0.15, 0.2) is 5.96 Å². The topological polar surface area (TPSA) is 42.9 Å². The van der Waals surface area contributed by atoms with Gasteiger partial charge in [-0.15, -0.1) is 24.0 Å². The SMILES string of the molecule is CN=C(NCCN(C)CC(F)(F)F)NC1CC(C)N(Cc2ccccc2)C1.I. The van der Waals surface area contributed by atoms with E-state index in [-0.39, 0.29) is 30.0 Å². The van der Waals surface area contributed by atoms with Crippen LogP contribution in [0.15, 0.2) is 35.3 Å². The quantitative estimate of drug-likeness (QED) is 0.335. The van der Waals surface area contributed by atoms with Gasteiger partial charge < -0.3 is 10.6 Å². The molecule has 0 aromatic heterocycles. The highest BCUT2D eigenvalue weighted by Gasteiger charge is 2.30. The van der Waals surface area contributed by atoms with Crippen LogP contribution in [0.2, 0.25) is 0 Å². The Morgan fingerprint density at radius 3 is 2.57 bits per heavy atom. The standard InChI is InChI=1S/C19H30F3N5.HI/c1-15-11-17(13-27(15)12-16-7-5-4-6-8-16)25-18(23-2)24-9-10-26(3)14-19(20,21)22;/h4-8,15,17H,9-14H2,1-3H3,(H2,23,24,25);1H. The van der Waals surface area contributed by atoms with Crippen molar-refractivity contribution in [3.05, 3.63) is 35.9 Å². The summed E-state index contributed by atoms with van der Waals surface area (Å²) in [6, 6.07) is 11.1. The first kappa shape index (κ1) is 25.0. The number of guanidine groups is 1. The van der Waals surface area contributed by atoms with Crippen molar-refractivity contribution in [3.8, 4) is 0 Å². The van der Waals surface area contributed by atoms with Gasteiger partial charge in [-0.05, 0) is 26.0 Å². The van der Waals surface area contributed by atoms with Gasteiger partial charge >= 0.3 is 6.18 Å². The summed E-state index contributed by atoms with van der Waals surface area (Å²) in [5.41, 5.74) is 1.29. The van der Waals surface area contributed by atoms with Crippen LogP contribution in [0.4, 0.5) is 13.2 Å². The highest BCUT2D eigenvalue weighted by atomic mass is 127. The molecule has 0 radical (unpaired) electrons. The van der Waals surface area contributed by atoms with Gasteiger partial charge in [-0.2, -0.15) is 13.2 Å². The van der Waals surface area contributed by atoms with E-state index in [1.807, 2.05) is 18.2 Å². The minimum atomic E-state index is -4.17. The Labute approximate surface area is 182 Å². The first-order chi connectivity index (χ1) is 12.8. The fraction of sp³-hybridized carbons (Fsp3) is 0.632. The van der Waals surface area contributed by atoms with Crippen molar-refractivity contribution in [2.24, 2.45) is 4.99 Å². The number of likely N-dealkylation sites (tertiary alicyclic amines) is 1. The van der Waals surface area contributed by atoms with Crippen molar-refractivity contribution in [1.29, 1.82) is 0 Å². The molecular formula is C19H31F3IN5. The zero-order valence-electron chi connectivity index (χ0n) is 16.7. The van der Waals surface area contributed by atoms with E-state index >= 15 is 0 Å². The molecule has 160 valence electrons. The Morgan fingerprint density at radius 1 is 1.29 bits per heavy atom. The molecule has 2 atom stereocenters. The fourth-order valence-corrected chi connectivity index (χ4v) is 3.38. The molecule has 2 N–H and O–H groups in total. The van der Waals surface area contributed by atoms with Crippen molar-refractivity contribution in [2.75, 3.05) is 40.3 Å². The van der Waals surface area contributed by atoms with Crippen molar-refractivity contribution >= 4 is 29.9 Å². The minimum Gasteiger partial charge on any atom is -0.355 e. The molecule has 0 spiro atoms. The maximum absolute atomic E-state index is 12.4. The maximum atomic E-state index is 12.4. The molecular weight excluding hydrogens is 482 g/mol. The van der Waals surface area contributed by atoms with Crippen molar-refractivity contribution in [2.45, 2.75) is 38.1 Å². The third kappa shape index (κ3) is 8.95. The van der Waals surface area contributed by atoms with E-state index in [9.17, 15) is 13.2 Å². The van der Waals surface area contributed by atoms with Crippen molar-refractivity contribution in [1.82, 2.24) is 20.4 Å². The molecule has 1 aromatic rings. The van der Waals surface area contributed by atoms with Crippen LogP contribution in [0, 0.1) is 0 Å². The van der Waals surface area contributed by atoms with Gasteiger partial charge in [-0.3, -0.25) is 14.8 Å². The summed E-state index contributed by atoms with van der Waals surface area (Å²) < 4.78 is 37.1. The summed E-state index contributed by atoms with van der Waals surface area (Å²) in [5.74, 6) is 0.633. The average molecular weight is 513 g/mol. The van der Waals surface area contributed by atoms with E-state index in [0.29, 0.717) is 25.1 Å². The zero-order chi connectivity index (χ0) is 19.9. The minimum absolute atomic E-state index is 0.